The molecular formula is C19H17N5O3. The summed E-state index contributed by atoms with van der Waals surface area (Å²) in [5, 5.41) is 3.36. The first-order chi connectivity index (χ1) is 13.1. The van der Waals surface area contributed by atoms with Crippen LogP contribution in [-0.2, 0) is 11.2 Å². The quantitative estimate of drug-likeness (QED) is 0.433. The first-order valence-corrected chi connectivity index (χ1v) is 8.58. The molecule has 136 valence electrons. The fraction of sp³-hybridized carbons (Fsp3) is 0.158. The van der Waals surface area contributed by atoms with E-state index < -0.39 is 0 Å². The molecule has 0 spiro atoms. The number of amides is 1. The summed E-state index contributed by atoms with van der Waals surface area (Å²) in [5.74, 6) is 0.424. The van der Waals surface area contributed by atoms with Gasteiger partial charge in [0.1, 0.15) is 5.82 Å². The van der Waals surface area contributed by atoms with Gasteiger partial charge in [-0.2, -0.15) is 0 Å². The zero-order chi connectivity index (χ0) is 18.8. The van der Waals surface area contributed by atoms with Gasteiger partial charge in [-0.15, -0.1) is 0 Å². The van der Waals surface area contributed by atoms with Gasteiger partial charge in [-0.3, -0.25) is 9.59 Å². The van der Waals surface area contributed by atoms with E-state index in [-0.39, 0.29) is 23.6 Å². The third kappa shape index (κ3) is 3.64. The zero-order valence-corrected chi connectivity index (χ0v) is 14.3. The predicted octanol–water partition coefficient (Wildman–Crippen LogP) is 2.05. The summed E-state index contributed by atoms with van der Waals surface area (Å²) in [4.78, 5) is 47.9. The van der Waals surface area contributed by atoms with Crippen molar-refractivity contribution >= 4 is 33.5 Å². The Morgan fingerprint density at radius 3 is 2.70 bits per heavy atom. The lowest BCUT2D eigenvalue weighted by Crippen LogP contribution is -2.14. The first kappa shape index (κ1) is 16.8. The number of hydrogen-bond acceptors (Lipinski definition) is 4. The molecule has 0 unspecified atom stereocenters. The van der Waals surface area contributed by atoms with Crippen molar-refractivity contribution in [3.05, 3.63) is 69.1 Å². The molecule has 2 aromatic carbocycles. The Kier molecular flexibility index (Phi) is 4.29. The minimum Gasteiger partial charge on any atom is -0.326 e. The van der Waals surface area contributed by atoms with Crippen LogP contribution in [0.15, 0.2) is 52.1 Å². The third-order valence-corrected chi connectivity index (χ3v) is 4.28. The van der Waals surface area contributed by atoms with Crippen LogP contribution in [0.1, 0.15) is 18.7 Å². The van der Waals surface area contributed by atoms with Crippen molar-refractivity contribution in [1.82, 2.24) is 19.9 Å². The molecule has 0 saturated carbocycles. The highest BCUT2D eigenvalue weighted by atomic mass is 16.2. The Balaban J connectivity index is 1.37. The molecule has 0 atom stereocenters. The van der Waals surface area contributed by atoms with Crippen LogP contribution in [0.25, 0.3) is 21.9 Å². The minimum atomic E-state index is -0.287. The van der Waals surface area contributed by atoms with Gasteiger partial charge in [0.05, 0.1) is 21.9 Å². The number of nitrogens with one attached hydrogen (secondary N) is 4. The summed E-state index contributed by atoms with van der Waals surface area (Å²) in [6.07, 6.45) is 1.34. The predicted molar refractivity (Wildman–Crippen MR) is 103 cm³/mol. The molecule has 0 aliphatic carbocycles. The molecule has 0 bridgehead atoms. The number of nitrogens with zero attached hydrogens (tertiary/aromatic N) is 1. The summed E-state index contributed by atoms with van der Waals surface area (Å²) in [6.45, 7) is 0. The molecule has 4 rings (SSSR count). The molecule has 1 amide bonds. The van der Waals surface area contributed by atoms with Gasteiger partial charge in [0.25, 0.3) is 5.56 Å². The fourth-order valence-corrected chi connectivity index (χ4v) is 3.00. The van der Waals surface area contributed by atoms with Crippen LogP contribution in [0.5, 0.6) is 0 Å². The number of carbonyl (C=O) groups is 1. The summed E-state index contributed by atoms with van der Waals surface area (Å²) in [6, 6.07) is 12.3. The topological polar surface area (TPSA) is 123 Å². The number of benzene rings is 2. The second kappa shape index (κ2) is 6.91. The normalized spacial score (nSPS) is 11.1. The van der Waals surface area contributed by atoms with Gasteiger partial charge >= 0.3 is 5.69 Å². The molecule has 2 aromatic heterocycles. The largest absolute Gasteiger partial charge is 0.326 e. The fourth-order valence-electron chi connectivity index (χ4n) is 3.00. The van der Waals surface area contributed by atoms with Gasteiger partial charge < -0.3 is 20.3 Å². The van der Waals surface area contributed by atoms with Crippen molar-refractivity contribution < 1.29 is 4.79 Å². The number of aromatic amines is 3. The maximum Gasteiger partial charge on any atom is 0.323 e. The van der Waals surface area contributed by atoms with Gasteiger partial charge in [0.2, 0.25) is 5.91 Å². The number of imidazole rings is 1. The maximum atomic E-state index is 12.1. The van der Waals surface area contributed by atoms with Gasteiger partial charge in [-0.1, -0.05) is 12.1 Å². The molecule has 27 heavy (non-hydrogen) atoms. The van der Waals surface area contributed by atoms with Crippen LogP contribution < -0.4 is 16.6 Å². The number of carbonyl (C=O) groups excluding carboxylic acids is 1. The van der Waals surface area contributed by atoms with Gasteiger partial charge in [-0.05, 0) is 36.8 Å². The summed E-state index contributed by atoms with van der Waals surface area (Å²) >= 11 is 0. The average molecular weight is 363 g/mol. The summed E-state index contributed by atoms with van der Waals surface area (Å²) in [5.41, 5.74) is 2.12. The zero-order valence-electron chi connectivity index (χ0n) is 14.3. The number of fused-ring (bicyclic) bond motifs is 2. The highest BCUT2D eigenvalue weighted by Gasteiger charge is 2.07. The van der Waals surface area contributed by atoms with Crippen LogP contribution in [0.2, 0.25) is 0 Å². The molecule has 0 radical (unpaired) electrons. The molecule has 2 heterocycles. The second-order valence-electron chi connectivity index (χ2n) is 6.27. The third-order valence-electron chi connectivity index (χ3n) is 4.28. The van der Waals surface area contributed by atoms with E-state index >= 15 is 0 Å². The van der Waals surface area contributed by atoms with E-state index in [2.05, 4.69) is 25.3 Å². The molecule has 0 fully saturated rings. The Morgan fingerprint density at radius 2 is 1.81 bits per heavy atom. The van der Waals surface area contributed by atoms with Gasteiger partial charge in [0, 0.05) is 18.5 Å². The number of hydrogen-bond donors (Lipinski definition) is 4. The molecule has 8 heteroatoms. The lowest BCUT2D eigenvalue weighted by Gasteiger charge is -2.06. The van der Waals surface area contributed by atoms with Crippen LogP contribution in [-0.4, -0.2) is 25.8 Å². The molecule has 4 N–H and O–H groups in total. The number of para-hydroxylation sites is 1. The lowest BCUT2D eigenvalue weighted by molar-refractivity contribution is -0.116. The van der Waals surface area contributed by atoms with Crippen molar-refractivity contribution in [1.29, 1.82) is 0 Å². The molecule has 8 nitrogen and oxygen atoms in total. The second-order valence-corrected chi connectivity index (χ2v) is 6.27. The van der Waals surface area contributed by atoms with Crippen molar-refractivity contribution in [2.45, 2.75) is 19.3 Å². The van der Waals surface area contributed by atoms with Crippen molar-refractivity contribution in [2.24, 2.45) is 0 Å². The van der Waals surface area contributed by atoms with E-state index in [1.807, 2.05) is 6.07 Å². The average Bonchev–Trinajstić information content (AvgIpc) is 3.01. The monoisotopic (exact) mass is 363 g/mol. The SMILES string of the molecule is O=C(CCCc1nc2ccccc2c(=O)[nH]1)Nc1ccc2[nH]c(=O)[nH]c2c1. The lowest BCUT2D eigenvalue weighted by atomic mass is 10.2. The standard InChI is InChI=1S/C19H17N5O3/c25-17(20-11-8-9-14-15(10-11)23-19(27)22-14)7-3-6-16-21-13-5-2-1-4-12(13)18(26)24-16/h1-2,4-5,8-10H,3,6-7H2,(H,20,25)(H,21,24,26)(H2,22,23,27). The Labute approximate surface area is 152 Å². The minimum absolute atomic E-state index is 0.143. The van der Waals surface area contributed by atoms with E-state index in [0.717, 1.165) is 0 Å². The molecule has 0 aliphatic rings. The summed E-state index contributed by atoms with van der Waals surface area (Å²) in [7, 11) is 0. The molecular weight excluding hydrogens is 346 g/mol. The number of aryl methyl sites for hydroxylation is 1. The van der Waals surface area contributed by atoms with E-state index in [0.29, 0.717) is 46.3 Å². The molecule has 4 aromatic rings. The Morgan fingerprint density at radius 1 is 1.00 bits per heavy atom. The van der Waals surface area contributed by atoms with Crippen LogP contribution in [0.3, 0.4) is 0 Å². The number of aromatic nitrogens is 4. The Bertz CT molecular complexity index is 1250. The van der Waals surface area contributed by atoms with Gasteiger partial charge in [-0.25, -0.2) is 9.78 Å². The summed E-state index contributed by atoms with van der Waals surface area (Å²) < 4.78 is 0. The smallest absolute Gasteiger partial charge is 0.323 e. The number of rotatable bonds is 5. The van der Waals surface area contributed by atoms with Crippen molar-refractivity contribution in [3.63, 3.8) is 0 Å². The van der Waals surface area contributed by atoms with Gasteiger partial charge in [0.15, 0.2) is 0 Å². The molecule has 0 saturated heterocycles. The van der Waals surface area contributed by atoms with E-state index in [1.165, 1.54) is 0 Å². The van der Waals surface area contributed by atoms with Crippen LogP contribution >= 0.6 is 0 Å². The van der Waals surface area contributed by atoms with E-state index in [4.69, 9.17) is 0 Å². The van der Waals surface area contributed by atoms with Crippen LogP contribution in [0.4, 0.5) is 5.69 Å². The van der Waals surface area contributed by atoms with E-state index in [1.54, 1.807) is 36.4 Å². The van der Waals surface area contributed by atoms with Crippen molar-refractivity contribution in [2.75, 3.05) is 5.32 Å². The first-order valence-electron chi connectivity index (χ1n) is 8.58. The highest BCUT2D eigenvalue weighted by molar-refractivity contribution is 5.92. The number of anilines is 1. The van der Waals surface area contributed by atoms with E-state index in [9.17, 15) is 14.4 Å². The molecule has 0 aliphatic heterocycles. The maximum absolute atomic E-state index is 12.1. The number of H-pyrrole nitrogens is 3. The van der Waals surface area contributed by atoms with Crippen molar-refractivity contribution in [3.8, 4) is 0 Å². The van der Waals surface area contributed by atoms with Crippen LogP contribution in [0, 0.1) is 0 Å². The Hall–Kier alpha value is -3.68. The highest BCUT2D eigenvalue weighted by Crippen LogP contribution is 2.15.